The zero-order valence-electron chi connectivity index (χ0n) is 16.4. The Kier molecular flexibility index (Phi) is 7.43. The van der Waals surface area contributed by atoms with Crippen molar-refractivity contribution in [2.45, 2.75) is 11.8 Å². The number of carbonyl (C=O) groups is 2. The highest BCUT2D eigenvalue weighted by Crippen LogP contribution is 2.35. The van der Waals surface area contributed by atoms with E-state index < -0.39 is 16.5 Å². The van der Waals surface area contributed by atoms with Crippen molar-refractivity contribution in [2.75, 3.05) is 33.1 Å². The number of nitrogens with one attached hydrogen (secondary N) is 1. The molecule has 0 aliphatic heterocycles. The van der Waals surface area contributed by atoms with Crippen molar-refractivity contribution < 1.29 is 24.0 Å². The Morgan fingerprint density at radius 1 is 1.17 bits per heavy atom. The fourth-order valence-electron chi connectivity index (χ4n) is 2.31. The molecule has 0 bridgehead atoms. The van der Waals surface area contributed by atoms with Gasteiger partial charge in [0.2, 0.25) is 0 Å². The van der Waals surface area contributed by atoms with Gasteiger partial charge in [-0.25, -0.2) is 0 Å². The van der Waals surface area contributed by atoms with Gasteiger partial charge in [0, 0.05) is 30.7 Å². The van der Waals surface area contributed by atoms with E-state index in [4.69, 9.17) is 9.47 Å². The molecule has 0 spiro atoms. The number of thioether (sulfide) groups is 1. The van der Waals surface area contributed by atoms with Crippen molar-refractivity contribution in [3.63, 3.8) is 0 Å². The van der Waals surface area contributed by atoms with Crippen LogP contribution in [0.1, 0.15) is 17.3 Å². The van der Waals surface area contributed by atoms with Gasteiger partial charge < -0.3 is 19.7 Å². The van der Waals surface area contributed by atoms with Gasteiger partial charge in [-0.15, -0.1) is 0 Å². The Morgan fingerprint density at radius 3 is 2.34 bits per heavy atom. The Labute approximate surface area is 172 Å². The molecule has 0 radical (unpaired) electrons. The molecule has 0 aliphatic rings. The maximum absolute atomic E-state index is 12.7. The van der Waals surface area contributed by atoms with Crippen molar-refractivity contribution in [3.8, 4) is 11.5 Å². The molecule has 0 fully saturated rings. The predicted molar refractivity (Wildman–Crippen MR) is 110 cm³/mol. The molecule has 2 aromatic carbocycles. The van der Waals surface area contributed by atoms with E-state index in [2.05, 4.69) is 5.32 Å². The molecule has 0 saturated heterocycles. The van der Waals surface area contributed by atoms with Crippen LogP contribution in [0.5, 0.6) is 11.5 Å². The topological polar surface area (TPSA) is 111 Å². The molecule has 2 amide bonds. The third kappa shape index (κ3) is 5.61. The molecule has 2 aromatic rings. The summed E-state index contributed by atoms with van der Waals surface area (Å²) in [6.45, 7) is 2.06. The maximum Gasteiger partial charge on any atom is 0.286 e. The Hall–Kier alpha value is -3.27. The standard InChI is InChI=1S/C19H21N3O6S/c1-5-28-17-10-14(15(22(25)26)11-16(17)27-4)18(23)20-12-6-8-13(9-7-12)29-19(24)21(2)3/h6-11H,5H2,1-4H3,(H,20,23). The van der Waals surface area contributed by atoms with Crippen LogP contribution >= 0.6 is 11.8 Å². The molecular weight excluding hydrogens is 398 g/mol. The van der Waals surface area contributed by atoms with Gasteiger partial charge in [-0.2, -0.15) is 0 Å². The fourth-order valence-corrected chi connectivity index (χ4v) is 2.96. The Balaban J connectivity index is 2.26. The molecule has 0 aromatic heterocycles. The quantitative estimate of drug-likeness (QED) is 0.410. The largest absolute Gasteiger partial charge is 0.493 e. The van der Waals surface area contributed by atoms with E-state index in [-0.39, 0.29) is 22.3 Å². The van der Waals surface area contributed by atoms with Crippen molar-refractivity contribution >= 4 is 34.3 Å². The molecule has 2 rings (SSSR count). The lowest BCUT2D eigenvalue weighted by Crippen LogP contribution is -2.16. The van der Waals surface area contributed by atoms with Crippen molar-refractivity contribution in [1.29, 1.82) is 0 Å². The summed E-state index contributed by atoms with van der Waals surface area (Å²) >= 11 is 1.05. The molecule has 29 heavy (non-hydrogen) atoms. The summed E-state index contributed by atoms with van der Waals surface area (Å²) in [6.07, 6.45) is 0. The normalized spacial score (nSPS) is 10.2. The van der Waals surface area contributed by atoms with Crippen LogP contribution < -0.4 is 14.8 Å². The lowest BCUT2D eigenvalue weighted by molar-refractivity contribution is -0.385. The summed E-state index contributed by atoms with van der Waals surface area (Å²) in [7, 11) is 4.67. The molecule has 0 unspecified atom stereocenters. The lowest BCUT2D eigenvalue weighted by atomic mass is 10.1. The SMILES string of the molecule is CCOc1cc(C(=O)Nc2ccc(SC(=O)N(C)C)cc2)c([N+](=O)[O-])cc1OC. The predicted octanol–water partition coefficient (Wildman–Crippen LogP) is 4.03. The monoisotopic (exact) mass is 419 g/mol. The number of methoxy groups -OCH3 is 1. The second-order valence-corrected chi connectivity index (χ2v) is 6.98. The second kappa shape index (κ2) is 9.78. The number of ether oxygens (including phenoxy) is 2. The highest BCUT2D eigenvalue weighted by molar-refractivity contribution is 8.13. The molecule has 9 nitrogen and oxygen atoms in total. The third-order valence-electron chi connectivity index (χ3n) is 3.71. The van der Waals surface area contributed by atoms with Crippen molar-refractivity contribution in [2.24, 2.45) is 0 Å². The summed E-state index contributed by atoms with van der Waals surface area (Å²) in [4.78, 5) is 37.3. The van der Waals surface area contributed by atoms with Crippen LogP contribution in [0.2, 0.25) is 0 Å². The van der Waals surface area contributed by atoms with E-state index in [1.54, 1.807) is 45.3 Å². The van der Waals surface area contributed by atoms with E-state index in [0.29, 0.717) is 17.2 Å². The van der Waals surface area contributed by atoms with E-state index >= 15 is 0 Å². The van der Waals surface area contributed by atoms with Crippen LogP contribution in [-0.2, 0) is 0 Å². The number of anilines is 1. The van der Waals surface area contributed by atoms with Crippen LogP contribution in [0.3, 0.4) is 0 Å². The molecule has 154 valence electrons. The van der Waals surface area contributed by atoms with E-state index in [1.165, 1.54) is 18.1 Å². The number of nitro benzene ring substituents is 1. The molecule has 10 heteroatoms. The average Bonchev–Trinajstić information content (AvgIpc) is 2.69. The maximum atomic E-state index is 12.7. The minimum atomic E-state index is -0.662. The number of benzene rings is 2. The van der Waals surface area contributed by atoms with Gasteiger partial charge in [-0.05, 0) is 43.0 Å². The Bertz CT molecular complexity index is 915. The first-order valence-corrected chi connectivity index (χ1v) is 9.38. The average molecular weight is 419 g/mol. The van der Waals surface area contributed by atoms with E-state index in [1.807, 2.05) is 0 Å². The number of hydrogen-bond acceptors (Lipinski definition) is 7. The zero-order chi connectivity index (χ0) is 21.6. The molecule has 0 aliphatic carbocycles. The van der Waals surface area contributed by atoms with Gasteiger partial charge >= 0.3 is 0 Å². The highest BCUT2D eigenvalue weighted by Gasteiger charge is 2.25. The number of nitrogens with zero attached hydrogens (tertiary/aromatic N) is 2. The van der Waals surface area contributed by atoms with Gasteiger partial charge in [-0.1, -0.05) is 0 Å². The fraction of sp³-hybridized carbons (Fsp3) is 0.263. The van der Waals surface area contributed by atoms with Crippen LogP contribution in [0.25, 0.3) is 0 Å². The van der Waals surface area contributed by atoms with Crippen LogP contribution in [0.4, 0.5) is 16.2 Å². The number of amides is 2. The number of nitro groups is 1. The van der Waals surface area contributed by atoms with Gasteiger partial charge in [0.15, 0.2) is 11.5 Å². The van der Waals surface area contributed by atoms with Crippen LogP contribution in [0.15, 0.2) is 41.3 Å². The first-order valence-electron chi connectivity index (χ1n) is 8.56. The molecule has 0 heterocycles. The first-order chi connectivity index (χ1) is 13.8. The van der Waals surface area contributed by atoms with Gasteiger partial charge in [-0.3, -0.25) is 19.7 Å². The first kappa shape index (κ1) is 22.0. The van der Waals surface area contributed by atoms with Gasteiger partial charge in [0.1, 0.15) is 5.56 Å². The third-order valence-corrected chi connectivity index (χ3v) is 4.75. The van der Waals surface area contributed by atoms with Crippen molar-refractivity contribution in [3.05, 3.63) is 52.1 Å². The van der Waals surface area contributed by atoms with Gasteiger partial charge in [0.05, 0.1) is 24.7 Å². The van der Waals surface area contributed by atoms with Gasteiger partial charge in [0.25, 0.3) is 16.8 Å². The number of hydrogen-bond donors (Lipinski definition) is 1. The number of carbonyl (C=O) groups excluding carboxylic acids is 2. The minimum Gasteiger partial charge on any atom is -0.493 e. The summed E-state index contributed by atoms with van der Waals surface area (Å²) < 4.78 is 10.5. The molecular formula is C19H21N3O6S. The zero-order valence-corrected chi connectivity index (χ0v) is 17.2. The summed E-state index contributed by atoms with van der Waals surface area (Å²) in [5, 5.41) is 13.9. The van der Waals surface area contributed by atoms with Crippen molar-refractivity contribution in [1.82, 2.24) is 4.90 Å². The van der Waals surface area contributed by atoms with Crippen LogP contribution in [-0.4, -0.2) is 48.8 Å². The smallest absolute Gasteiger partial charge is 0.286 e. The molecule has 1 N–H and O–H groups in total. The summed E-state index contributed by atoms with van der Waals surface area (Å²) in [5.74, 6) is -0.258. The van der Waals surface area contributed by atoms with E-state index in [9.17, 15) is 19.7 Å². The minimum absolute atomic E-state index is 0.126. The Morgan fingerprint density at radius 2 is 1.83 bits per heavy atom. The summed E-state index contributed by atoms with van der Waals surface area (Å²) in [6, 6.07) is 9.03. The summed E-state index contributed by atoms with van der Waals surface area (Å²) in [5.41, 5.74) is -0.119. The number of rotatable bonds is 7. The molecule has 0 saturated carbocycles. The van der Waals surface area contributed by atoms with Crippen LogP contribution in [0, 0.1) is 10.1 Å². The molecule has 0 atom stereocenters. The highest BCUT2D eigenvalue weighted by atomic mass is 32.2. The second-order valence-electron chi connectivity index (χ2n) is 5.95. The lowest BCUT2D eigenvalue weighted by Gasteiger charge is -2.12. The van der Waals surface area contributed by atoms with E-state index in [0.717, 1.165) is 17.8 Å².